The third-order valence-corrected chi connectivity index (χ3v) is 4.35. The summed E-state index contributed by atoms with van der Waals surface area (Å²) < 4.78 is 16.7. The molecule has 2 N–H and O–H groups in total. The van der Waals surface area contributed by atoms with Crippen molar-refractivity contribution in [2.45, 2.75) is 19.9 Å². The van der Waals surface area contributed by atoms with Crippen LogP contribution < -0.4 is 24.8 Å². The lowest BCUT2D eigenvalue weighted by Crippen LogP contribution is -2.30. The minimum atomic E-state index is 0.572. The molecule has 7 nitrogen and oxygen atoms in total. The van der Waals surface area contributed by atoms with E-state index in [9.17, 15) is 0 Å². The Kier molecular flexibility index (Phi) is 9.80. The maximum atomic E-state index is 5.78. The van der Waals surface area contributed by atoms with Gasteiger partial charge in [0.2, 0.25) is 0 Å². The highest BCUT2D eigenvalue weighted by molar-refractivity contribution is 5.93. The Labute approximate surface area is 180 Å². The second kappa shape index (κ2) is 12.6. The number of nitrogens with zero attached hydrogens (tertiary/aromatic N) is 2. The van der Waals surface area contributed by atoms with Gasteiger partial charge in [0.25, 0.3) is 0 Å². The molecule has 0 aliphatic carbocycles. The Morgan fingerprint density at radius 2 is 1.80 bits per heavy atom. The second-order valence-electron chi connectivity index (χ2n) is 7.00. The summed E-state index contributed by atoms with van der Waals surface area (Å²) >= 11 is 0. The highest BCUT2D eigenvalue weighted by Crippen LogP contribution is 2.30. The lowest BCUT2D eigenvalue weighted by Gasteiger charge is -2.15. The van der Waals surface area contributed by atoms with Gasteiger partial charge in [0.15, 0.2) is 17.5 Å². The Morgan fingerprint density at radius 3 is 2.43 bits per heavy atom. The average molecular weight is 415 g/mol. The molecule has 0 fully saturated rings. The van der Waals surface area contributed by atoms with Gasteiger partial charge in [-0.1, -0.05) is 12.1 Å². The minimum absolute atomic E-state index is 0.572. The van der Waals surface area contributed by atoms with Gasteiger partial charge in [0.05, 0.1) is 20.3 Å². The van der Waals surface area contributed by atoms with E-state index < -0.39 is 0 Å². The molecule has 0 amide bonds. The Hall–Kier alpha value is -2.93. The van der Waals surface area contributed by atoms with Crippen LogP contribution in [0.2, 0.25) is 0 Å². The first-order valence-electron chi connectivity index (χ1n) is 10.2. The summed E-state index contributed by atoms with van der Waals surface area (Å²) in [5.74, 6) is 2.96. The molecule has 0 aliphatic heterocycles. The van der Waals surface area contributed by atoms with E-state index in [-0.39, 0.29) is 0 Å². The van der Waals surface area contributed by atoms with E-state index in [1.807, 2.05) is 37.3 Å². The van der Waals surface area contributed by atoms with E-state index in [1.54, 1.807) is 14.2 Å². The number of aliphatic imine (C=N–C) groups is 1. The van der Waals surface area contributed by atoms with Crippen molar-refractivity contribution in [3.63, 3.8) is 0 Å². The Balaban J connectivity index is 1.86. The van der Waals surface area contributed by atoms with Crippen molar-refractivity contribution in [2.24, 2.45) is 4.99 Å². The number of methoxy groups -OCH3 is 1. The standard InChI is InChI=1S/C23H34N4O3/c1-6-29-22-16-19(10-13-21(22)28-5)26-23(24-2)25-17-18-8-11-20(12-9-18)30-15-7-14-27(3)4/h8-13,16H,6-7,14-15,17H2,1-5H3,(H2,24,25,26). The van der Waals surface area contributed by atoms with E-state index in [2.05, 4.69) is 46.8 Å². The molecule has 0 heterocycles. The third kappa shape index (κ3) is 7.83. The quantitative estimate of drug-likeness (QED) is 0.333. The third-order valence-electron chi connectivity index (χ3n) is 4.35. The lowest BCUT2D eigenvalue weighted by molar-refractivity contribution is 0.281. The zero-order valence-electron chi connectivity index (χ0n) is 18.7. The predicted molar refractivity (Wildman–Crippen MR) is 123 cm³/mol. The van der Waals surface area contributed by atoms with Gasteiger partial charge in [0, 0.05) is 31.9 Å². The molecule has 0 aliphatic rings. The number of ether oxygens (including phenoxy) is 3. The summed E-state index contributed by atoms with van der Waals surface area (Å²) in [7, 11) is 7.51. The fourth-order valence-corrected chi connectivity index (χ4v) is 2.80. The first-order valence-corrected chi connectivity index (χ1v) is 10.2. The molecule has 2 aromatic carbocycles. The lowest BCUT2D eigenvalue weighted by atomic mass is 10.2. The molecule has 2 rings (SSSR count). The first-order chi connectivity index (χ1) is 14.5. The van der Waals surface area contributed by atoms with Gasteiger partial charge in [0.1, 0.15) is 5.75 Å². The van der Waals surface area contributed by atoms with Crippen LogP contribution in [0.5, 0.6) is 17.2 Å². The van der Waals surface area contributed by atoms with Crippen molar-refractivity contribution in [3.05, 3.63) is 48.0 Å². The molecule has 0 aromatic heterocycles. The van der Waals surface area contributed by atoms with Crippen LogP contribution in [0.15, 0.2) is 47.5 Å². The van der Waals surface area contributed by atoms with Crippen LogP contribution >= 0.6 is 0 Å². The van der Waals surface area contributed by atoms with Crippen LogP contribution in [0.25, 0.3) is 0 Å². The molecular weight excluding hydrogens is 380 g/mol. The van der Waals surface area contributed by atoms with E-state index in [0.29, 0.717) is 30.6 Å². The molecule has 0 spiro atoms. The fraction of sp³-hybridized carbons (Fsp3) is 0.435. The highest BCUT2D eigenvalue weighted by Gasteiger charge is 2.07. The smallest absolute Gasteiger partial charge is 0.195 e. The van der Waals surface area contributed by atoms with Crippen LogP contribution in [0.1, 0.15) is 18.9 Å². The molecule has 0 saturated carbocycles. The van der Waals surface area contributed by atoms with E-state index >= 15 is 0 Å². The number of rotatable bonds is 11. The number of hydrogen-bond acceptors (Lipinski definition) is 5. The van der Waals surface area contributed by atoms with Crippen LogP contribution in [0, 0.1) is 0 Å². The second-order valence-corrected chi connectivity index (χ2v) is 7.00. The maximum Gasteiger partial charge on any atom is 0.195 e. The number of guanidine groups is 1. The van der Waals surface area contributed by atoms with E-state index in [4.69, 9.17) is 14.2 Å². The summed E-state index contributed by atoms with van der Waals surface area (Å²) in [6.45, 7) is 4.91. The summed E-state index contributed by atoms with van der Waals surface area (Å²) in [5.41, 5.74) is 2.01. The van der Waals surface area contributed by atoms with Crippen molar-refractivity contribution in [2.75, 3.05) is 53.3 Å². The van der Waals surface area contributed by atoms with Crippen LogP contribution in [-0.2, 0) is 6.54 Å². The first kappa shape index (κ1) is 23.3. The summed E-state index contributed by atoms with van der Waals surface area (Å²) in [4.78, 5) is 6.45. The van der Waals surface area contributed by atoms with Crippen molar-refractivity contribution < 1.29 is 14.2 Å². The number of benzene rings is 2. The van der Waals surface area contributed by atoms with Crippen molar-refractivity contribution in [1.29, 1.82) is 0 Å². The Morgan fingerprint density at radius 1 is 1.03 bits per heavy atom. The molecule has 0 atom stereocenters. The number of anilines is 1. The molecule has 30 heavy (non-hydrogen) atoms. The molecule has 164 valence electrons. The molecule has 7 heteroatoms. The monoisotopic (exact) mass is 414 g/mol. The van der Waals surface area contributed by atoms with E-state index in [0.717, 1.165) is 36.6 Å². The zero-order valence-corrected chi connectivity index (χ0v) is 18.7. The van der Waals surface area contributed by atoms with Crippen LogP contribution in [0.3, 0.4) is 0 Å². The molecule has 0 radical (unpaired) electrons. The zero-order chi connectivity index (χ0) is 21.8. The summed E-state index contributed by atoms with van der Waals surface area (Å²) in [5, 5.41) is 6.60. The van der Waals surface area contributed by atoms with E-state index in [1.165, 1.54) is 0 Å². The van der Waals surface area contributed by atoms with Gasteiger partial charge in [-0.25, -0.2) is 0 Å². The summed E-state index contributed by atoms with van der Waals surface area (Å²) in [6.07, 6.45) is 1.01. The SMILES string of the molecule is CCOc1cc(NC(=NC)NCc2ccc(OCCCN(C)C)cc2)ccc1OC. The summed E-state index contributed by atoms with van der Waals surface area (Å²) in [6, 6.07) is 13.8. The van der Waals surface area contributed by atoms with Gasteiger partial charge < -0.3 is 29.7 Å². The van der Waals surface area contributed by atoms with Gasteiger partial charge in [-0.2, -0.15) is 0 Å². The molecule has 0 bridgehead atoms. The van der Waals surface area contributed by atoms with Crippen LogP contribution in [-0.4, -0.2) is 58.9 Å². The fourth-order valence-electron chi connectivity index (χ4n) is 2.80. The Bertz CT molecular complexity index is 792. The predicted octanol–water partition coefficient (Wildman–Crippen LogP) is 3.61. The average Bonchev–Trinajstić information content (AvgIpc) is 2.75. The van der Waals surface area contributed by atoms with Gasteiger partial charge in [-0.15, -0.1) is 0 Å². The molecular formula is C23H34N4O3. The van der Waals surface area contributed by atoms with Gasteiger partial charge >= 0.3 is 0 Å². The maximum absolute atomic E-state index is 5.78. The van der Waals surface area contributed by atoms with Gasteiger partial charge in [-0.3, -0.25) is 4.99 Å². The highest BCUT2D eigenvalue weighted by atomic mass is 16.5. The molecule has 0 saturated heterocycles. The minimum Gasteiger partial charge on any atom is -0.494 e. The number of hydrogen-bond donors (Lipinski definition) is 2. The number of nitrogens with one attached hydrogen (secondary N) is 2. The van der Waals surface area contributed by atoms with Crippen molar-refractivity contribution in [1.82, 2.24) is 10.2 Å². The molecule has 0 unspecified atom stereocenters. The van der Waals surface area contributed by atoms with Gasteiger partial charge in [-0.05, 0) is 57.3 Å². The largest absolute Gasteiger partial charge is 0.494 e. The molecule has 2 aromatic rings. The van der Waals surface area contributed by atoms with Crippen molar-refractivity contribution >= 4 is 11.6 Å². The normalized spacial score (nSPS) is 11.3. The topological polar surface area (TPSA) is 67.3 Å². The van der Waals surface area contributed by atoms with Crippen molar-refractivity contribution in [3.8, 4) is 17.2 Å². The van der Waals surface area contributed by atoms with Crippen LogP contribution in [0.4, 0.5) is 5.69 Å².